The van der Waals surface area contributed by atoms with Crippen LogP contribution >= 0.6 is 15.9 Å². The maximum absolute atomic E-state index is 9.46. The Balaban J connectivity index is 3.59. The molecule has 0 bridgehead atoms. The van der Waals surface area contributed by atoms with Crippen LogP contribution in [0.4, 0.5) is 0 Å². The van der Waals surface area contributed by atoms with Crippen LogP contribution in [0.5, 0.6) is 0 Å². The van der Waals surface area contributed by atoms with Gasteiger partial charge in [-0.2, -0.15) is 10.5 Å². The quantitative estimate of drug-likeness (QED) is 0.778. The van der Waals surface area contributed by atoms with Crippen molar-refractivity contribution >= 4 is 15.9 Å². The maximum Gasteiger partial charge on any atom is 0.0866 e. The lowest BCUT2D eigenvalue weighted by atomic mass is 9.63. The topological polar surface area (TPSA) is 47.6 Å². The van der Waals surface area contributed by atoms with Crippen LogP contribution in [0.15, 0.2) is 30.3 Å². The van der Waals surface area contributed by atoms with Gasteiger partial charge in [-0.25, -0.2) is 0 Å². The maximum atomic E-state index is 9.46. The summed E-state index contributed by atoms with van der Waals surface area (Å²) in [6.45, 7) is 7.42. The van der Waals surface area contributed by atoms with E-state index in [-0.39, 0.29) is 0 Å². The number of nitriles is 2. The zero-order valence-electron chi connectivity index (χ0n) is 11.2. The first-order valence-corrected chi connectivity index (χ1v) is 6.59. The molecule has 94 valence electrons. The van der Waals surface area contributed by atoms with E-state index in [1.54, 1.807) is 0 Å². The van der Waals surface area contributed by atoms with Crippen molar-refractivity contribution in [1.29, 1.82) is 10.5 Å². The summed E-state index contributed by atoms with van der Waals surface area (Å²) in [7, 11) is 0. The summed E-state index contributed by atoms with van der Waals surface area (Å²) >= 11 is 3.71. The van der Waals surface area contributed by atoms with Crippen LogP contribution in [0.1, 0.15) is 33.3 Å². The highest BCUT2D eigenvalue weighted by molar-refractivity contribution is 9.09. The predicted octanol–water partition coefficient (Wildman–Crippen LogP) is 4.38. The molecule has 0 aliphatic heterocycles. The van der Waals surface area contributed by atoms with Gasteiger partial charge in [0.1, 0.15) is 0 Å². The minimum absolute atomic E-state index is 0.715. The normalized spacial score (nSPS) is 12.6. The molecule has 1 rings (SSSR count). The van der Waals surface area contributed by atoms with Gasteiger partial charge in [0.15, 0.2) is 0 Å². The van der Waals surface area contributed by atoms with Crippen molar-refractivity contribution in [2.24, 2.45) is 10.8 Å². The van der Waals surface area contributed by atoms with Crippen LogP contribution in [0.3, 0.4) is 0 Å². The summed E-state index contributed by atoms with van der Waals surface area (Å²) in [5.41, 5.74) is -0.482. The molecule has 0 fully saturated rings. The Hall–Kier alpha value is -1.32. The lowest BCUT2D eigenvalue weighted by Gasteiger charge is -2.46. The number of hydrogen-bond donors (Lipinski definition) is 0. The van der Waals surface area contributed by atoms with Crippen LogP contribution in [-0.2, 0) is 4.32 Å². The Labute approximate surface area is 117 Å². The van der Waals surface area contributed by atoms with Gasteiger partial charge >= 0.3 is 0 Å². The Morgan fingerprint density at radius 2 is 1.28 bits per heavy atom. The van der Waals surface area contributed by atoms with Crippen LogP contribution in [0, 0.1) is 33.5 Å². The Bertz CT molecular complexity index is 478. The average Bonchev–Trinajstić information content (AvgIpc) is 2.38. The van der Waals surface area contributed by atoms with E-state index in [1.807, 2.05) is 58.0 Å². The van der Waals surface area contributed by atoms with E-state index in [2.05, 4.69) is 28.1 Å². The van der Waals surface area contributed by atoms with Crippen molar-refractivity contribution in [3.8, 4) is 12.1 Å². The van der Waals surface area contributed by atoms with E-state index >= 15 is 0 Å². The monoisotopic (exact) mass is 304 g/mol. The van der Waals surface area contributed by atoms with Gasteiger partial charge in [0.25, 0.3) is 0 Å². The Morgan fingerprint density at radius 3 is 1.61 bits per heavy atom. The molecule has 1 aromatic carbocycles. The summed E-state index contributed by atoms with van der Waals surface area (Å²) in [6.07, 6.45) is 0. The Morgan fingerprint density at radius 1 is 0.889 bits per heavy atom. The highest BCUT2D eigenvalue weighted by Gasteiger charge is 2.55. The summed E-state index contributed by atoms with van der Waals surface area (Å²) in [4.78, 5) is 0. The first-order valence-electron chi connectivity index (χ1n) is 5.80. The SMILES string of the molecule is CC(C)(C#N)C(Br)(c1ccccc1)C(C)(C)C#N. The largest absolute Gasteiger partial charge is 0.198 e. The molecule has 0 saturated carbocycles. The molecule has 3 heteroatoms. The average molecular weight is 305 g/mol. The first-order chi connectivity index (χ1) is 8.23. The number of alkyl halides is 1. The van der Waals surface area contributed by atoms with E-state index in [0.29, 0.717) is 0 Å². The highest BCUT2D eigenvalue weighted by atomic mass is 79.9. The van der Waals surface area contributed by atoms with Gasteiger partial charge < -0.3 is 0 Å². The second kappa shape index (κ2) is 4.75. The van der Waals surface area contributed by atoms with Crippen molar-refractivity contribution in [3.63, 3.8) is 0 Å². The molecule has 0 aliphatic carbocycles. The molecule has 0 amide bonds. The fraction of sp³-hybridized carbons (Fsp3) is 0.467. The summed E-state index contributed by atoms with van der Waals surface area (Å²) < 4.78 is -0.724. The third-order valence-electron chi connectivity index (χ3n) is 3.45. The second-order valence-electron chi connectivity index (χ2n) is 5.50. The fourth-order valence-electron chi connectivity index (χ4n) is 2.32. The molecule has 0 N–H and O–H groups in total. The molecule has 2 nitrogen and oxygen atoms in total. The molecule has 1 aromatic rings. The zero-order valence-corrected chi connectivity index (χ0v) is 12.7. The zero-order chi connectivity index (χ0) is 14.0. The minimum atomic E-state index is -0.724. The van der Waals surface area contributed by atoms with Crippen molar-refractivity contribution in [2.75, 3.05) is 0 Å². The standard InChI is InChI=1S/C15H17BrN2/c1-13(2,10-17)15(16,14(3,4)11-18)12-8-6-5-7-9-12/h5-9H,1-4H3. The van der Waals surface area contributed by atoms with Gasteiger partial charge in [-0.15, -0.1) is 0 Å². The van der Waals surface area contributed by atoms with Crippen molar-refractivity contribution < 1.29 is 0 Å². The van der Waals surface area contributed by atoms with Crippen LogP contribution in [0.25, 0.3) is 0 Å². The minimum Gasteiger partial charge on any atom is -0.198 e. The number of nitrogens with zero attached hydrogens (tertiary/aromatic N) is 2. The molecule has 0 radical (unpaired) electrons. The van der Waals surface area contributed by atoms with Gasteiger partial charge in [0.05, 0.1) is 27.3 Å². The molecule has 0 unspecified atom stereocenters. The van der Waals surface area contributed by atoms with Crippen molar-refractivity contribution in [2.45, 2.75) is 32.0 Å². The third-order valence-corrected chi connectivity index (χ3v) is 5.89. The molecule has 0 aliphatic rings. The van der Waals surface area contributed by atoms with Crippen molar-refractivity contribution in [1.82, 2.24) is 0 Å². The van der Waals surface area contributed by atoms with E-state index in [0.717, 1.165) is 5.56 Å². The summed E-state index contributed by atoms with van der Waals surface area (Å²) in [5, 5.41) is 18.9. The number of halogens is 1. The predicted molar refractivity (Wildman–Crippen MR) is 75.8 cm³/mol. The fourth-order valence-corrected chi connectivity index (χ4v) is 2.77. The van der Waals surface area contributed by atoms with Gasteiger partial charge in [-0.1, -0.05) is 46.3 Å². The van der Waals surface area contributed by atoms with Gasteiger partial charge in [0.2, 0.25) is 0 Å². The van der Waals surface area contributed by atoms with E-state index in [9.17, 15) is 10.5 Å². The smallest absolute Gasteiger partial charge is 0.0866 e. The molecule has 0 aromatic heterocycles. The molecule has 0 saturated heterocycles. The van der Waals surface area contributed by atoms with Crippen LogP contribution < -0.4 is 0 Å². The number of benzene rings is 1. The van der Waals surface area contributed by atoms with Crippen molar-refractivity contribution in [3.05, 3.63) is 35.9 Å². The molecular formula is C15H17BrN2. The first kappa shape index (κ1) is 14.7. The molecule has 0 atom stereocenters. The van der Waals surface area contributed by atoms with Crippen LogP contribution in [0.2, 0.25) is 0 Å². The molecular weight excluding hydrogens is 288 g/mol. The van der Waals surface area contributed by atoms with Gasteiger partial charge in [-0.3, -0.25) is 0 Å². The van der Waals surface area contributed by atoms with E-state index in [4.69, 9.17) is 0 Å². The molecule has 0 heterocycles. The van der Waals surface area contributed by atoms with E-state index < -0.39 is 15.2 Å². The number of hydrogen-bond acceptors (Lipinski definition) is 2. The van der Waals surface area contributed by atoms with Gasteiger partial charge in [0, 0.05) is 0 Å². The van der Waals surface area contributed by atoms with Crippen LogP contribution in [-0.4, -0.2) is 0 Å². The molecule has 0 spiro atoms. The van der Waals surface area contributed by atoms with Gasteiger partial charge in [-0.05, 0) is 33.3 Å². The Kier molecular flexibility index (Phi) is 3.89. The number of rotatable bonds is 3. The lowest BCUT2D eigenvalue weighted by molar-refractivity contribution is 0.216. The summed E-state index contributed by atoms with van der Waals surface area (Å²) in [5.74, 6) is 0. The molecule has 18 heavy (non-hydrogen) atoms. The second-order valence-corrected chi connectivity index (χ2v) is 6.69. The highest BCUT2D eigenvalue weighted by Crippen LogP contribution is 2.57. The summed E-state index contributed by atoms with van der Waals surface area (Å²) in [6, 6.07) is 14.3. The lowest BCUT2D eigenvalue weighted by Crippen LogP contribution is -2.46. The van der Waals surface area contributed by atoms with E-state index in [1.165, 1.54) is 0 Å². The third kappa shape index (κ3) is 2.04.